The van der Waals surface area contributed by atoms with Gasteiger partial charge in [-0.15, -0.1) is 0 Å². The normalized spacial score (nSPS) is 15.9. The molecule has 5 rings (SSSR count). The Morgan fingerprint density at radius 3 is 2.61 bits per heavy atom. The lowest BCUT2D eigenvalue weighted by Crippen LogP contribution is -2.48. The van der Waals surface area contributed by atoms with E-state index < -0.39 is 0 Å². The molecule has 10 heteroatoms. The first-order chi connectivity index (χ1) is 17.4. The molecule has 0 aliphatic carbocycles. The highest BCUT2D eigenvalue weighted by molar-refractivity contribution is 9.10. The SMILES string of the molecule is CCC(C)n1nc(Br)c2nc(N3CCN(C(C)=O)CC3)nc(N[C@H](C)c3cnc4ccccc4c3)c21. The highest BCUT2D eigenvalue weighted by Crippen LogP contribution is 2.34. The predicted molar refractivity (Wildman–Crippen MR) is 146 cm³/mol. The summed E-state index contributed by atoms with van der Waals surface area (Å²) < 4.78 is 2.71. The van der Waals surface area contributed by atoms with Crippen LogP contribution >= 0.6 is 15.9 Å². The molecule has 1 saturated heterocycles. The van der Waals surface area contributed by atoms with Crippen LogP contribution in [0.2, 0.25) is 0 Å². The molecule has 1 N–H and O–H groups in total. The van der Waals surface area contributed by atoms with Crippen LogP contribution in [-0.2, 0) is 4.79 Å². The molecule has 0 saturated carbocycles. The highest BCUT2D eigenvalue weighted by Gasteiger charge is 2.25. The number of amides is 1. The monoisotopic (exact) mass is 550 g/mol. The molecular formula is C26H31BrN8O. The number of nitrogens with one attached hydrogen (secondary N) is 1. The van der Waals surface area contributed by atoms with Crippen molar-refractivity contribution < 1.29 is 4.79 Å². The number of anilines is 2. The van der Waals surface area contributed by atoms with Crippen LogP contribution in [0.25, 0.3) is 21.9 Å². The van der Waals surface area contributed by atoms with E-state index >= 15 is 0 Å². The van der Waals surface area contributed by atoms with Crippen molar-refractivity contribution in [1.29, 1.82) is 0 Å². The second-order valence-electron chi connectivity index (χ2n) is 9.38. The van der Waals surface area contributed by atoms with E-state index in [9.17, 15) is 4.79 Å². The number of halogens is 1. The van der Waals surface area contributed by atoms with E-state index in [2.05, 4.69) is 64.0 Å². The quantitative estimate of drug-likeness (QED) is 0.363. The van der Waals surface area contributed by atoms with Gasteiger partial charge in [-0.05, 0) is 53.9 Å². The summed E-state index contributed by atoms with van der Waals surface area (Å²) in [6.07, 6.45) is 2.85. The van der Waals surface area contributed by atoms with Crippen LogP contribution in [0.1, 0.15) is 51.8 Å². The van der Waals surface area contributed by atoms with Gasteiger partial charge in [-0.3, -0.25) is 14.5 Å². The topological polar surface area (TPSA) is 92.1 Å². The van der Waals surface area contributed by atoms with Crippen molar-refractivity contribution in [3.8, 4) is 0 Å². The number of para-hydroxylation sites is 1. The first kappa shape index (κ1) is 24.4. The maximum atomic E-state index is 11.8. The van der Waals surface area contributed by atoms with Crippen molar-refractivity contribution in [2.24, 2.45) is 0 Å². The summed E-state index contributed by atoms with van der Waals surface area (Å²) in [5, 5.41) is 9.52. The third-order valence-electron chi connectivity index (χ3n) is 6.97. The number of fused-ring (bicyclic) bond motifs is 2. The fourth-order valence-corrected chi connectivity index (χ4v) is 5.01. The highest BCUT2D eigenvalue weighted by atomic mass is 79.9. The maximum absolute atomic E-state index is 11.8. The van der Waals surface area contributed by atoms with Crippen LogP contribution in [0.4, 0.5) is 11.8 Å². The lowest BCUT2D eigenvalue weighted by atomic mass is 10.1. The number of carbonyl (C=O) groups excluding carboxylic acids is 1. The number of nitrogens with zero attached hydrogens (tertiary/aromatic N) is 7. The average Bonchev–Trinajstić information content (AvgIpc) is 3.24. The summed E-state index contributed by atoms with van der Waals surface area (Å²) >= 11 is 3.64. The van der Waals surface area contributed by atoms with E-state index in [-0.39, 0.29) is 18.0 Å². The summed E-state index contributed by atoms with van der Waals surface area (Å²) in [5.74, 6) is 1.48. The van der Waals surface area contributed by atoms with Gasteiger partial charge in [-0.25, -0.2) is 4.98 Å². The maximum Gasteiger partial charge on any atom is 0.228 e. The summed E-state index contributed by atoms with van der Waals surface area (Å²) in [5.41, 5.74) is 3.71. The van der Waals surface area contributed by atoms with Crippen LogP contribution in [-0.4, -0.2) is 61.7 Å². The second-order valence-corrected chi connectivity index (χ2v) is 10.1. The number of rotatable bonds is 6. The van der Waals surface area contributed by atoms with E-state index in [1.807, 2.05) is 34.0 Å². The van der Waals surface area contributed by atoms with Crippen LogP contribution in [0.3, 0.4) is 0 Å². The minimum Gasteiger partial charge on any atom is -0.362 e. The zero-order valence-corrected chi connectivity index (χ0v) is 22.7. The number of hydrogen-bond donors (Lipinski definition) is 1. The third kappa shape index (κ3) is 4.61. The fraction of sp³-hybridized carbons (Fsp3) is 0.423. The Labute approximate surface area is 219 Å². The Hall–Kier alpha value is -3.27. The molecule has 1 unspecified atom stereocenters. The molecule has 36 heavy (non-hydrogen) atoms. The number of piperazine rings is 1. The summed E-state index contributed by atoms with van der Waals surface area (Å²) in [6, 6.07) is 10.4. The molecule has 3 aromatic heterocycles. The molecule has 4 aromatic rings. The van der Waals surface area contributed by atoms with Gasteiger partial charge in [-0.2, -0.15) is 10.1 Å². The van der Waals surface area contributed by atoms with Gasteiger partial charge in [0.2, 0.25) is 11.9 Å². The molecule has 9 nitrogen and oxygen atoms in total. The van der Waals surface area contributed by atoms with E-state index in [0.29, 0.717) is 36.7 Å². The van der Waals surface area contributed by atoms with Crippen molar-refractivity contribution >= 4 is 55.5 Å². The molecule has 1 amide bonds. The van der Waals surface area contributed by atoms with Crippen molar-refractivity contribution in [3.05, 3.63) is 46.7 Å². The molecule has 1 aliphatic heterocycles. The third-order valence-corrected chi connectivity index (χ3v) is 7.51. The van der Waals surface area contributed by atoms with Gasteiger partial charge in [0.25, 0.3) is 0 Å². The number of pyridine rings is 1. The predicted octanol–water partition coefficient (Wildman–Crippen LogP) is 4.95. The van der Waals surface area contributed by atoms with Gasteiger partial charge in [0.1, 0.15) is 11.0 Å². The lowest BCUT2D eigenvalue weighted by Gasteiger charge is -2.34. The van der Waals surface area contributed by atoms with Gasteiger partial charge in [0.05, 0.1) is 11.6 Å². The Morgan fingerprint density at radius 1 is 1.14 bits per heavy atom. The lowest BCUT2D eigenvalue weighted by molar-refractivity contribution is -0.129. The van der Waals surface area contributed by atoms with E-state index in [1.54, 1.807) is 6.92 Å². The number of carbonyl (C=O) groups is 1. The standard InChI is InChI=1S/C26H31BrN8O/c1-5-16(2)35-23-22(24(27)32-35)30-26(34-12-10-33(11-13-34)18(4)36)31-25(23)29-17(3)20-14-19-8-6-7-9-21(19)28-15-20/h6-9,14-17H,5,10-13H2,1-4H3,(H,29,30,31)/t16?,17-/m1/s1. The van der Waals surface area contributed by atoms with Crippen LogP contribution < -0.4 is 10.2 Å². The van der Waals surface area contributed by atoms with Crippen LogP contribution in [0, 0.1) is 0 Å². The molecule has 0 bridgehead atoms. The van der Waals surface area contributed by atoms with Gasteiger partial charge >= 0.3 is 0 Å². The largest absolute Gasteiger partial charge is 0.362 e. The molecule has 188 valence electrons. The number of aromatic nitrogens is 5. The van der Waals surface area contributed by atoms with Crippen molar-refractivity contribution in [2.75, 3.05) is 36.4 Å². The first-order valence-corrected chi connectivity index (χ1v) is 13.2. The summed E-state index contributed by atoms with van der Waals surface area (Å²) in [4.78, 5) is 30.4. The average molecular weight is 551 g/mol. The molecule has 1 aromatic carbocycles. The molecule has 0 radical (unpaired) electrons. The minimum absolute atomic E-state index is 0.0401. The van der Waals surface area contributed by atoms with Crippen molar-refractivity contribution in [1.82, 2.24) is 29.6 Å². The van der Waals surface area contributed by atoms with Gasteiger partial charge in [0.15, 0.2) is 10.4 Å². The number of hydrogen-bond acceptors (Lipinski definition) is 7. The Bertz CT molecular complexity index is 1410. The molecule has 1 fully saturated rings. The summed E-state index contributed by atoms with van der Waals surface area (Å²) in [7, 11) is 0. The minimum atomic E-state index is -0.0401. The smallest absolute Gasteiger partial charge is 0.228 e. The molecule has 4 heterocycles. The van der Waals surface area contributed by atoms with Crippen molar-refractivity contribution in [2.45, 2.75) is 46.2 Å². The van der Waals surface area contributed by atoms with Gasteiger partial charge in [-0.1, -0.05) is 25.1 Å². The Balaban J connectivity index is 1.54. The Morgan fingerprint density at radius 2 is 1.89 bits per heavy atom. The van der Waals surface area contributed by atoms with E-state index in [1.165, 1.54) is 0 Å². The second kappa shape index (κ2) is 10.0. The van der Waals surface area contributed by atoms with E-state index in [0.717, 1.165) is 39.7 Å². The summed E-state index contributed by atoms with van der Waals surface area (Å²) in [6.45, 7) is 10.7. The molecule has 1 aliphatic rings. The van der Waals surface area contributed by atoms with Crippen molar-refractivity contribution in [3.63, 3.8) is 0 Å². The first-order valence-electron chi connectivity index (χ1n) is 12.4. The van der Waals surface area contributed by atoms with Crippen LogP contribution in [0.15, 0.2) is 41.1 Å². The fourth-order valence-electron chi connectivity index (χ4n) is 4.56. The van der Waals surface area contributed by atoms with E-state index in [4.69, 9.17) is 15.1 Å². The number of benzene rings is 1. The van der Waals surface area contributed by atoms with Gasteiger partial charge in [0, 0.05) is 50.7 Å². The zero-order chi connectivity index (χ0) is 25.4. The molecule has 0 spiro atoms. The molecular weight excluding hydrogens is 520 g/mol. The molecule has 2 atom stereocenters. The van der Waals surface area contributed by atoms with Crippen LogP contribution in [0.5, 0.6) is 0 Å². The Kier molecular flexibility index (Phi) is 6.79. The zero-order valence-electron chi connectivity index (χ0n) is 21.1. The van der Waals surface area contributed by atoms with Gasteiger partial charge < -0.3 is 15.1 Å².